The quantitative estimate of drug-likeness (QED) is 0.226. The molecule has 2 aromatic heterocycles. The summed E-state index contributed by atoms with van der Waals surface area (Å²) in [7, 11) is -4.73. The van der Waals surface area contributed by atoms with Crippen molar-refractivity contribution in [3.8, 4) is 0 Å². The second-order valence-corrected chi connectivity index (χ2v) is 15.0. The third-order valence-corrected chi connectivity index (χ3v) is 12.7. The molecule has 2 aliphatic carbocycles. The molecule has 2 aliphatic rings. The molecule has 0 aliphatic heterocycles. The molecule has 0 radical (unpaired) electrons. The normalized spacial score (nSPS) is 15.7. The van der Waals surface area contributed by atoms with E-state index in [9.17, 15) is 32.9 Å². The summed E-state index contributed by atoms with van der Waals surface area (Å²) in [5.41, 5.74) is 1.74. The van der Waals surface area contributed by atoms with Gasteiger partial charge in [0.15, 0.2) is 14.7 Å². The lowest BCUT2D eigenvalue weighted by Gasteiger charge is -2.11. The topological polar surface area (TPSA) is 137 Å². The lowest BCUT2D eigenvalue weighted by atomic mass is 9.99. The molecular formula is C24H34N2O7S4. The summed E-state index contributed by atoms with van der Waals surface area (Å²) in [6.07, 6.45) is 10.4. The predicted molar refractivity (Wildman–Crippen MR) is 148 cm³/mol. The van der Waals surface area contributed by atoms with Gasteiger partial charge in [-0.3, -0.25) is 24.4 Å². The van der Waals surface area contributed by atoms with E-state index in [4.69, 9.17) is 0 Å². The maximum absolute atomic E-state index is 12.4. The third kappa shape index (κ3) is 7.04. The minimum atomic E-state index is -3.53. The van der Waals surface area contributed by atoms with Gasteiger partial charge in [0, 0.05) is 15.5 Å². The Morgan fingerprint density at radius 2 is 1.32 bits per heavy atom. The van der Waals surface area contributed by atoms with Crippen LogP contribution in [0.2, 0.25) is 0 Å². The van der Waals surface area contributed by atoms with Gasteiger partial charge in [0.05, 0.1) is 26.4 Å². The van der Waals surface area contributed by atoms with Gasteiger partial charge in [0.1, 0.15) is 4.90 Å². The molecule has 0 amide bonds. The maximum atomic E-state index is 12.4. The molecule has 2 heterocycles. The second kappa shape index (κ2) is 13.4. The van der Waals surface area contributed by atoms with Crippen molar-refractivity contribution in [2.24, 2.45) is 0 Å². The van der Waals surface area contributed by atoms with Crippen molar-refractivity contribution in [2.45, 2.75) is 101 Å². The Labute approximate surface area is 228 Å². The first-order valence-corrected chi connectivity index (χ1v) is 17.4. The van der Waals surface area contributed by atoms with Crippen molar-refractivity contribution >= 4 is 53.3 Å². The number of thiophene rings is 2. The molecule has 0 saturated carbocycles. The largest absolute Gasteiger partial charge is 0.343 e. The van der Waals surface area contributed by atoms with E-state index in [1.165, 1.54) is 11.3 Å². The van der Waals surface area contributed by atoms with Gasteiger partial charge >= 0.3 is 10.0 Å². The molecular weight excluding hydrogens is 557 g/mol. The zero-order chi connectivity index (χ0) is 27.2. The molecule has 1 atom stereocenters. The standard InChI is InChI=1S/C12H17NO4S2.C12H17NO3S2/c1-2-3-8-19(16,17)11-9-6-4-5-7-10(9)18-12(11)13(14)15;1-2-3-8-18(16)11-9-6-4-5-7-10(9)17-12(11)13(14)15/h2-8H2,1H3;2-8H2,1H3. The Balaban J connectivity index is 0.000000206. The second-order valence-electron chi connectivity index (χ2n) is 9.28. The highest BCUT2D eigenvalue weighted by Gasteiger charge is 2.35. The van der Waals surface area contributed by atoms with Gasteiger partial charge < -0.3 is 0 Å². The van der Waals surface area contributed by atoms with Crippen LogP contribution in [0.25, 0.3) is 0 Å². The van der Waals surface area contributed by atoms with Gasteiger partial charge in [0.25, 0.3) is 0 Å². The average molecular weight is 591 g/mol. The van der Waals surface area contributed by atoms with Gasteiger partial charge in [0.2, 0.25) is 0 Å². The molecule has 0 fully saturated rings. The Bertz CT molecular complexity index is 1260. The van der Waals surface area contributed by atoms with Crippen LogP contribution in [0.5, 0.6) is 0 Å². The van der Waals surface area contributed by atoms with Crippen molar-refractivity contribution in [1.82, 2.24) is 0 Å². The van der Waals surface area contributed by atoms with Gasteiger partial charge in [-0.25, -0.2) is 8.42 Å². The van der Waals surface area contributed by atoms with Crippen molar-refractivity contribution in [3.05, 3.63) is 41.1 Å². The van der Waals surface area contributed by atoms with E-state index in [0.717, 1.165) is 96.4 Å². The van der Waals surface area contributed by atoms with Crippen molar-refractivity contribution in [1.29, 1.82) is 0 Å². The molecule has 4 rings (SSSR count). The first kappa shape index (κ1) is 29.9. The monoisotopic (exact) mass is 590 g/mol. The molecule has 0 saturated heterocycles. The molecule has 13 heteroatoms. The van der Waals surface area contributed by atoms with E-state index < -0.39 is 25.6 Å². The van der Waals surface area contributed by atoms with E-state index in [2.05, 4.69) is 0 Å². The highest BCUT2D eigenvalue weighted by Crippen LogP contribution is 2.43. The number of aryl methyl sites for hydroxylation is 2. The van der Waals surface area contributed by atoms with Gasteiger partial charge in [-0.15, -0.1) is 0 Å². The Morgan fingerprint density at radius 1 is 0.811 bits per heavy atom. The molecule has 206 valence electrons. The zero-order valence-corrected chi connectivity index (χ0v) is 24.6. The number of nitro groups is 2. The minimum Gasteiger partial charge on any atom is -0.258 e. The van der Waals surface area contributed by atoms with Crippen LogP contribution in [0.1, 0.15) is 86.1 Å². The summed E-state index contributed by atoms with van der Waals surface area (Å²) in [6, 6.07) is 0. The smallest absolute Gasteiger partial charge is 0.258 e. The summed E-state index contributed by atoms with van der Waals surface area (Å²) in [5, 5.41) is 22.2. The highest BCUT2D eigenvalue weighted by atomic mass is 32.2. The molecule has 0 aromatic carbocycles. The average Bonchev–Trinajstić information content (AvgIpc) is 3.46. The van der Waals surface area contributed by atoms with Crippen LogP contribution in [-0.4, -0.2) is 34.0 Å². The molecule has 1 unspecified atom stereocenters. The highest BCUT2D eigenvalue weighted by molar-refractivity contribution is 7.91. The maximum Gasteiger partial charge on any atom is 0.343 e. The summed E-state index contributed by atoms with van der Waals surface area (Å²) in [5.74, 6) is 0.550. The van der Waals surface area contributed by atoms with Crippen LogP contribution in [0, 0.1) is 20.2 Å². The van der Waals surface area contributed by atoms with Crippen LogP contribution in [-0.2, 0) is 46.3 Å². The number of unbranched alkanes of at least 4 members (excludes halogenated alkanes) is 2. The Morgan fingerprint density at radius 3 is 1.89 bits per heavy atom. The van der Waals surface area contributed by atoms with E-state index in [-0.39, 0.29) is 25.6 Å². The van der Waals surface area contributed by atoms with Crippen molar-refractivity contribution in [3.63, 3.8) is 0 Å². The summed E-state index contributed by atoms with van der Waals surface area (Å²) >= 11 is 2.29. The number of hydrogen-bond donors (Lipinski definition) is 0. The van der Waals surface area contributed by atoms with Gasteiger partial charge in [-0.2, -0.15) is 0 Å². The van der Waals surface area contributed by atoms with E-state index in [0.29, 0.717) is 23.5 Å². The van der Waals surface area contributed by atoms with Crippen LogP contribution in [0.4, 0.5) is 10.0 Å². The summed E-state index contributed by atoms with van der Waals surface area (Å²) in [6.45, 7) is 3.95. The lowest BCUT2D eigenvalue weighted by molar-refractivity contribution is -0.383. The Kier molecular flexibility index (Phi) is 10.8. The van der Waals surface area contributed by atoms with E-state index in [1.807, 2.05) is 13.8 Å². The van der Waals surface area contributed by atoms with E-state index in [1.54, 1.807) is 0 Å². The summed E-state index contributed by atoms with van der Waals surface area (Å²) in [4.78, 5) is 23.9. The third-order valence-electron chi connectivity index (χ3n) is 6.53. The number of hydrogen-bond acceptors (Lipinski definition) is 9. The molecule has 0 N–H and O–H groups in total. The number of sulfone groups is 1. The zero-order valence-electron chi connectivity index (χ0n) is 21.3. The number of fused-ring (bicyclic) bond motifs is 2. The van der Waals surface area contributed by atoms with Gasteiger partial charge in [-0.05, 0) is 75.3 Å². The molecule has 0 bridgehead atoms. The van der Waals surface area contributed by atoms with Crippen LogP contribution in [0.15, 0.2) is 9.79 Å². The van der Waals surface area contributed by atoms with Crippen LogP contribution in [0.3, 0.4) is 0 Å². The van der Waals surface area contributed by atoms with Gasteiger partial charge in [-0.1, -0.05) is 49.4 Å². The fraction of sp³-hybridized carbons (Fsp3) is 0.667. The predicted octanol–water partition coefficient (Wildman–Crippen LogP) is 6.55. The fourth-order valence-electron chi connectivity index (χ4n) is 4.65. The first-order chi connectivity index (χ1) is 17.6. The molecule has 2 aromatic rings. The summed E-state index contributed by atoms with van der Waals surface area (Å²) < 4.78 is 37.0. The number of nitrogens with zero attached hydrogens (tertiary/aromatic N) is 2. The molecule has 0 spiro atoms. The Hall–Kier alpha value is -1.70. The first-order valence-electron chi connectivity index (χ1n) is 12.8. The van der Waals surface area contributed by atoms with Crippen molar-refractivity contribution < 1.29 is 22.5 Å². The van der Waals surface area contributed by atoms with Crippen LogP contribution < -0.4 is 0 Å². The fourth-order valence-corrected chi connectivity index (χ4v) is 11.2. The lowest BCUT2D eigenvalue weighted by Crippen LogP contribution is -2.11. The van der Waals surface area contributed by atoms with Crippen LogP contribution >= 0.6 is 22.7 Å². The van der Waals surface area contributed by atoms with E-state index >= 15 is 0 Å². The molecule has 9 nitrogen and oxygen atoms in total. The molecule has 37 heavy (non-hydrogen) atoms. The number of rotatable bonds is 10. The SMILES string of the molecule is CCCCS(=O)(=O)c1c([N+](=O)[O-])sc2c1CCCC2.CCCCS(=O)c1c([N+](=O)[O-])sc2c1CCCC2. The van der Waals surface area contributed by atoms with Crippen molar-refractivity contribution in [2.75, 3.05) is 11.5 Å². The minimum absolute atomic E-state index is 0.00745.